The van der Waals surface area contributed by atoms with Gasteiger partial charge in [0.25, 0.3) is 0 Å². The van der Waals surface area contributed by atoms with E-state index in [2.05, 4.69) is 37.9 Å². The lowest BCUT2D eigenvalue weighted by Crippen LogP contribution is -2.33. The lowest BCUT2D eigenvalue weighted by atomic mass is 10.0. The van der Waals surface area contributed by atoms with Gasteiger partial charge in [0.05, 0.1) is 11.7 Å². The van der Waals surface area contributed by atoms with Crippen molar-refractivity contribution in [1.82, 2.24) is 24.9 Å². The standard InChI is InChI=1S/C17H25N5O2/c1-2-22-13(8-9-18-22)12-21-10-4-3-6-14(21)16-19-20-17(24-16)15-7-5-11-23-15/h8-9,14-15H,2-7,10-12H2,1H3/t14-,15-/m1/s1. The second kappa shape index (κ2) is 7.03. The SMILES string of the molecule is CCn1nccc1CN1CCCC[C@@H]1c1nnc([C@H]2CCCO2)o1. The average Bonchev–Trinajstić information content (AvgIpc) is 3.36. The summed E-state index contributed by atoms with van der Waals surface area (Å²) in [5.41, 5.74) is 1.24. The molecule has 7 heteroatoms. The molecule has 4 heterocycles. The molecule has 2 atom stereocenters. The molecule has 0 N–H and O–H groups in total. The third-order valence-electron chi connectivity index (χ3n) is 5.03. The molecule has 0 spiro atoms. The average molecular weight is 331 g/mol. The van der Waals surface area contributed by atoms with Gasteiger partial charge in [-0.15, -0.1) is 10.2 Å². The Morgan fingerprint density at radius 2 is 2.08 bits per heavy atom. The van der Waals surface area contributed by atoms with E-state index in [0.29, 0.717) is 5.89 Å². The van der Waals surface area contributed by atoms with E-state index in [1.54, 1.807) is 0 Å². The van der Waals surface area contributed by atoms with E-state index < -0.39 is 0 Å². The van der Waals surface area contributed by atoms with Crippen LogP contribution in [-0.4, -0.2) is 38.0 Å². The van der Waals surface area contributed by atoms with Gasteiger partial charge in [-0.1, -0.05) is 6.42 Å². The van der Waals surface area contributed by atoms with Crippen LogP contribution in [0.25, 0.3) is 0 Å². The van der Waals surface area contributed by atoms with Gasteiger partial charge in [-0.05, 0) is 45.2 Å². The minimum Gasteiger partial charge on any atom is -0.421 e. The highest BCUT2D eigenvalue weighted by molar-refractivity contribution is 5.03. The van der Waals surface area contributed by atoms with Crippen LogP contribution in [-0.2, 0) is 17.8 Å². The first-order chi connectivity index (χ1) is 11.8. The van der Waals surface area contributed by atoms with E-state index in [1.807, 2.05) is 6.20 Å². The van der Waals surface area contributed by atoms with E-state index in [1.165, 1.54) is 18.5 Å². The van der Waals surface area contributed by atoms with Crippen LogP contribution in [0.4, 0.5) is 0 Å². The molecule has 2 aliphatic heterocycles. The van der Waals surface area contributed by atoms with Crippen molar-refractivity contribution < 1.29 is 9.15 Å². The Bertz CT molecular complexity index is 661. The van der Waals surface area contributed by atoms with Crippen molar-refractivity contribution in [3.05, 3.63) is 29.7 Å². The monoisotopic (exact) mass is 331 g/mol. The minimum atomic E-state index is -0.00943. The summed E-state index contributed by atoms with van der Waals surface area (Å²) >= 11 is 0. The number of ether oxygens (including phenoxy) is 1. The molecule has 0 unspecified atom stereocenters. The summed E-state index contributed by atoms with van der Waals surface area (Å²) in [6.45, 7) is 5.73. The number of hydrogen-bond donors (Lipinski definition) is 0. The van der Waals surface area contributed by atoms with Crippen molar-refractivity contribution >= 4 is 0 Å². The Balaban J connectivity index is 1.51. The van der Waals surface area contributed by atoms with Gasteiger partial charge < -0.3 is 9.15 Å². The minimum absolute atomic E-state index is 0.00943. The van der Waals surface area contributed by atoms with Gasteiger partial charge in [0.1, 0.15) is 6.10 Å². The number of piperidine rings is 1. The highest BCUT2D eigenvalue weighted by Gasteiger charge is 2.31. The van der Waals surface area contributed by atoms with Crippen LogP contribution in [0.5, 0.6) is 0 Å². The maximum Gasteiger partial charge on any atom is 0.245 e. The number of rotatable bonds is 5. The third-order valence-corrected chi connectivity index (χ3v) is 5.03. The van der Waals surface area contributed by atoms with Crippen LogP contribution < -0.4 is 0 Å². The molecule has 0 saturated carbocycles. The molecule has 2 aliphatic rings. The number of likely N-dealkylation sites (tertiary alicyclic amines) is 1. The van der Waals surface area contributed by atoms with Crippen molar-refractivity contribution in [3.8, 4) is 0 Å². The Morgan fingerprint density at radius 1 is 1.17 bits per heavy atom. The first kappa shape index (κ1) is 15.8. The fourth-order valence-corrected chi connectivity index (χ4v) is 3.73. The zero-order chi connectivity index (χ0) is 16.4. The van der Waals surface area contributed by atoms with Gasteiger partial charge in [-0.3, -0.25) is 9.58 Å². The normalized spacial score (nSPS) is 25.4. The van der Waals surface area contributed by atoms with Crippen molar-refractivity contribution in [2.75, 3.05) is 13.2 Å². The van der Waals surface area contributed by atoms with Gasteiger partial charge in [-0.2, -0.15) is 5.10 Å². The molecule has 0 radical (unpaired) electrons. The fourth-order valence-electron chi connectivity index (χ4n) is 3.73. The summed E-state index contributed by atoms with van der Waals surface area (Å²) in [5, 5.41) is 13.0. The molecule has 0 aromatic carbocycles. The summed E-state index contributed by atoms with van der Waals surface area (Å²) < 4.78 is 13.7. The predicted octanol–water partition coefficient (Wildman–Crippen LogP) is 2.86. The van der Waals surface area contributed by atoms with Crippen LogP contribution >= 0.6 is 0 Å². The first-order valence-corrected chi connectivity index (χ1v) is 9.05. The molecule has 0 aliphatic carbocycles. The van der Waals surface area contributed by atoms with Crippen molar-refractivity contribution in [1.29, 1.82) is 0 Å². The van der Waals surface area contributed by atoms with Crippen LogP contribution in [0.1, 0.15) is 68.6 Å². The molecule has 0 bridgehead atoms. The molecule has 24 heavy (non-hydrogen) atoms. The molecular weight excluding hydrogens is 306 g/mol. The Morgan fingerprint density at radius 3 is 2.92 bits per heavy atom. The van der Waals surface area contributed by atoms with Crippen molar-refractivity contribution in [3.63, 3.8) is 0 Å². The number of aryl methyl sites for hydroxylation is 1. The molecule has 4 rings (SSSR count). The fraction of sp³-hybridized carbons (Fsp3) is 0.706. The van der Waals surface area contributed by atoms with Crippen LogP contribution in [0.15, 0.2) is 16.7 Å². The number of nitrogens with zero attached hydrogens (tertiary/aromatic N) is 5. The maximum atomic E-state index is 6.00. The topological polar surface area (TPSA) is 69.2 Å². The van der Waals surface area contributed by atoms with Crippen LogP contribution in [0, 0.1) is 0 Å². The molecule has 0 amide bonds. The quantitative estimate of drug-likeness (QED) is 0.839. The number of hydrogen-bond acceptors (Lipinski definition) is 6. The third kappa shape index (κ3) is 3.10. The molecular formula is C17H25N5O2. The van der Waals surface area contributed by atoms with Crippen molar-refractivity contribution in [2.24, 2.45) is 0 Å². The summed E-state index contributed by atoms with van der Waals surface area (Å²) in [5.74, 6) is 1.38. The number of aromatic nitrogens is 4. The van der Waals surface area contributed by atoms with Gasteiger partial charge >= 0.3 is 0 Å². The van der Waals surface area contributed by atoms with Gasteiger partial charge in [0.2, 0.25) is 11.8 Å². The molecule has 2 aromatic heterocycles. The van der Waals surface area contributed by atoms with E-state index >= 15 is 0 Å². The summed E-state index contributed by atoms with van der Waals surface area (Å²) in [6, 6.07) is 2.29. The lowest BCUT2D eigenvalue weighted by Gasteiger charge is -2.33. The molecule has 7 nitrogen and oxygen atoms in total. The Kier molecular flexibility index (Phi) is 4.62. The van der Waals surface area contributed by atoms with Crippen LogP contribution in [0.3, 0.4) is 0 Å². The molecule has 2 fully saturated rings. The highest BCUT2D eigenvalue weighted by atomic mass is 16.5. The first-order valence-electron chi connectivity index (χ1n) is 9.05. The Labute approximate surface area is 142 Å². The van der Waals surface area contributed by atoms with E-state index in [9.17, 15) is 0 Å². The Hall–Kier alpha value is -1.73. The van der Waals surface area contributed by atoms with Crippen molar-refractivity contribution in [2.45, 2.75) is 64.3 Å². The maximum absolute atomic E-state index is 6.00. The summed E-state index contributed by atoms with van der Waals surface area (Å²) in [6.07, 6.45) is 7.39. The zero-order valence-electron chi connectivity index (χ0n) is 14.2. The van der Waals surface area contributed by atoms with Gasteiger partial charge in [0.15, 0.2) is 0 Å². The molecule has 130 valence electrons. The molecule has 2 saturated heterocycles. The zero-order valence-corrected chi connectivity index (χ0v) is 14.2. The van der Waals surface area contributed by atoms with Gasteiger partial charge in [0, 0.05) is 25.9 Å². The van der Waals surface area contributed by atoms with E-state index in [-0.39, 0.29) is 12.1 Å². The van der Waals surface area contributed by atoms with Crippen LogP contribution in [0.2, 0.25) is 0 Å². The summed E-state index contributed by atoms with van der Waals surface area (Å²) in [7, 11) is 0. The summed E-state index contributed by atoms with van der Waals surface area (Å²) in [4.78, 5) is 2.44. The molecule has 2 aromatic rings. The largest absolute Gasteiger partial charge is 0.421 e. The second-order valence-corrected chi connectivity index (χ2v) is 6.60. The van der Waals surface area contributed by atoms with Gasteiger partial charge in [-0.25, -0.2) is 0 Å². The highest BCUT2D eigenvalue weighted by Crippen LogP contribution is 2.34. The van der Waals surface area contributed by atoms with E-state index in [0.717, 1.165) is 51.4 Å². The predicted molar refractivity (Wildman–Crippen MR) is 87.1 cm³/mol. The smallest absolute Gasteiger partial charge is 0.245 e. The lowest BCUT2D eigenvalue weighted by molar-refractivity contribution is 0.0789. The van der Waals surface area contributed by atoms with E-state index in [4.69, 9.17) is 9.15 Å². The second-order valence-electron chi connectivity index (χ2n) is 6.60.